The average molecular weight is 714 g/mol. The molecule has 0 saturated heterocycles. The second-order valence-electron chi connectivity index (χ2n) is 14.5. The molecule has 0 saturated carbocycles. The minimum absolute atomic E-state index is 0.904. The highest BCUT2D eigenvalue weighted by Gasteiger charge is 2.17. The number of nitrogens with zero attached hydrogens (tertiary/aromatic N) is 1. The van der Waals surface area contributed by atoms with Gasteiger partial charge < -0.3 is 9.32 Å². The van der Waals surface area contributed by atoms with Crippen LogP contribution < -0.4 is 4.90 Å². The number of hydrogen-bond donors (Lipinski definition) is 0. The van der Waals surface area contributed by atoms with Crippen LogP contribution in [0.15, 0.2) is 217 Å². The first kappa shape index (κ1) is 32.0. The van der Waals surface area contributed by atoms with Crippen molar-refractivity contribution in [1.29, 1.82) is 0 Å². The molecule has 11 rings (SSSR count). The van der Waals surface area contributed by atoms with Crippen molar-refractivity contribution in [2.24, 2.45) is 0 Å². The van der Waals surface area contributed by atoms with Crippen LogP contribution in [-0.2, 0) is 0 Å². The zero-order chi connectivity index (χ0) is 37.0. The number of rotatable bonds is 6. The Bertz CT molecular complexity index is 3230. The summed E-state index contributed by atoms with van der Waals surface area (Å²) >= 11 is 0. The smallest absolute Gasteiger partial charge is 0.136 e. The van der Waals surface area contributed by atoms with Crippen LogP contribution in [0.2, 0.25) is 0 Å². The first-order valence-corrected chi connectivity index (χ1v) is 19.2. The number of fused-ring (bicyclic) bond motifs is 8. The summed E-state index contributed by atoms with van der Waals surface area (Å²) in [6.07, 6.45) is 0. The quantitative estimate of drug-likeness (QED) is 0.160. The molecule has 0 N–H and O–H groups in total. The summed E-state index contributed by atoms with van der Waals surface area (Å²) in [5.41, 5.74) is 12.2. The Hall–Kier alpha value is -7.42. The molecule has 2 nitrogen and oxygen atoms in total. The van der Waals surface area contributed by atoms with Gasteiger partial charge in [-0.25, -0.2) is 0 Å². The maximum absolute atomic E-state index is 6.31. The van der Waals surface area contributed by atoms with Gasteiger partial charge in [-0.2, -0.15) is 0 Å². The fourth-order valence-corrected chi connectivity index (χ4v) is 8.52. The first-order valence-electron chi connectivity index (χ1n) is 19.2. The maximum atomic E-state index is 6.31. The standard InChI is InChI=1S/C54H35NO/c1-2-11-36(12-3-1)40-15-10-16-45(33-40)55(44-29-23-39(24-30-44)50-35-42-14-5-6-17-46(42)48-19-8-9-20-49(48)50)43-27-21-37(22-28-43)41-26-31-52-51(34-41)54-47-18-7-4-13-38(47)25-32-53(54)56-52/h1-35H. The van der Waals surface area contributed by atoms with E-state index in [-0.39, 0.29) is 0 Å². The summed E-state index contributed by atoms with van der Waals surface area (Å²) in [6, 6.07) is 76.5. The van der Waals surface area contributed by atoms with E-state index >= 15 is 0 Å². The fourth-order valence-electron chi connectivity index (χ4n) is 8.52. The van der Waals surface area contributed by atoms with Crippen LogP contribution in [0.1, 0.15) is 0 Å². The lowest BCUT2D eigenvalue weighted by molar-refractivity contribution is 0.669. The van der Waals surface area contributed by atoms with Crippen LogP contribution in [0.3, 0.4) is 0 Å². The molecule has 0 radical (unpaired) electrons. The third-order valence-corrected chi connectivity index (χ3v) is 11.2. The molecular formula is C54H35NO. The van der Waals surface area contributed by atoms with E-state index in [9.17, 15) is 0 Å². The SMILES string of the molecule is c1ccc(-c2cccc(N(c3ccc(-c4ccc5oc6ccc7ccccc7c6c5c4)cc3)c3ccc(-c4cc5ccccc5c5ccccc45)cc3)c2)cc1. The molecule has 0 aliphatic carbocycles. The Morgan fingerprint density at radius 3 is 1.64 bits per heavy atom. The molecule has 1 heterocycles. The summed E-state index contributed by atoms with van der Waals surface area (Å²) < 4.78 is 6.31. The first-order chi connectivity index (χ1) is 27.7. The van der Waals surface area contributed by atoms with E-state index < -0.39 is 0 Å². The van der Waals surface area contributed by atoms with Gasteiger partial charge in [0.2, 0.25) is 0 Å². The maximum Gasteiger partial charge on any atom is 0.136 e. The molecule has 0 unspecified atom stereocenters. The molecule has 262 valence electrons. The molecule has 56 heavy (non-hydrogen) atoms. The van der Waals surface area contributed by atoms with Crippen molar-refractivity contribution in [1.82, 2.24) is 0 Å². The number of furan rings is 1. The Balaban J connectivity index is 1.01. The Morgan fingerprint density at radius 2 is 0.857 bits per heavy atom. The van der Waals surface area contributed by atoms with Gasteiger partial charge in [0, 0.05) is 27.8 Å². The highest BCUT2D eigenvalue weighted by Crippen LogP contribution is 2.41. The second-order valence-corrected chi connectivity index (χ2v) is 14.5. The Morgan fingerprint density at radius 1 is 0.286 bits per heavy atom. The van der Waals surface area contributed by atoms with Crippen molar-refractivity contribution >= 4 is 71.3 Å². The zero-order valence-electron chi connectivity index (χ0n) is 30.6. The van der Waals surface area contributed by atoms with E-state index in [1.807, 2.05) is 0 Å². The number of hydrogen-bond acceptors (Lipinski definition) is 2. The largest absolute Gasteiger partial charge is 0.456 e. The highest BCUT2D eigenvalue weighted by atomic mass is 16.3. The summed E-state index contributed by atoms with van der Waals surface area (Å²) in [5, 5.41) is 9.80. The van der Waals surface area contributed by atoms with Crippen molar-refractivity contribution < 1.29 is 4.42 Å². The van der Waals surface area contributed by atoms with E-state index in [2.05, 4.69) is 217 Å². The van der Waals surface area contributed by atoms with E-state index in [0.717, 1.165) is 44.7 Å². The minimum atomic E-state index is 0.904. The minimum Gasteiger partial charge on any atom is -0.456 e. The molecule has 2 heteroatoms. The summed E-state index contributed by atoms with van der Waals surface area (Å²) in [6.45, 7) is 0. The van der Waals surface area contributed by atoms with Gasteiger partial charge >= 0.3 is 0 Å². The third-order valence-electron chi connectivity index (χ3n) is 11.2. The van der Waals surface area contributed by atoms with Crippen LogP contribution in [0.5, 0.6) is 0 Å². The molecule has 1 aromatic heterocycles. The van der Waals surface area contributed by atoms with E-state index in [4.69, 9.17) is 4.42 Å². The van der Waals surface area contributed by atoms with E-state index in [1.165, 1.54) is 60.0 Å². The van der Waals surface area contributed by atoms with Crippen LogP contribution in [0.25, 0.3) is 87.6 Å². The predicted octanol–water partition coefficient (Wildman–Crippen LogP) is 15.5. The van der Waals surface area contributed by atoms with Crippen molar-refractivity contribution in [2.45, 2.75) is 0 Å². The van der Waals surface area contributed by atoms with Crippen LogP contribution >= 0.6 is 0 Å². The van der Waals surface area contributed by atoms with Crippen LogP contribution in [-0.4, -0.2) is 0 Å². The van der Waals surface area contributed by atoms with Gasteiger partial charge in [0.05, 0.1) is 0 Å². The summed E-state index contributed by atoms with van der Waals surface area (Å²) in [5.74, 6) is 0. The molecule has 0 amide bonds. The highest BCUT2D eigenvalue weighted by molar-refractivity contribution is 6.19. The molecule has 0 fully saturated rings. The lowest BCUT2D eigenvalue weighted by Gasteiger charge is -2.26. The van der Waals surface area contributed by atoms with Gasteiger partial charge in [0.15, 0.2) is 0 Å². The predicted molar refractivity (Wildman–Crippen MR) is 237 cm³/mol. The fraction of sp³-hybridized carbons (Fsp3) is 0. The number of benzene rings is 10. The van der Waals surface area contributed by atoms with Gasteiger partial charge in [-0.1, -0.05) is 152 Å². The Labute approximate surface area is 325 Å². The normalized spacial score (nSPS) is 11.6. The summed E-state index contributed by atoms with van der Waals surface area (Å²) in [7, 11) is 0. The second kappa shape index (κ2) is 13.2. The van der Waals surface area contributed by atoms with E-state index in [0.29, 0.717) is 0 Å². The van der Waals surface area contributed by atoms with Gasteiger partial charge in [0.1, 0.15) is 11.2 Å². The number of anilines is 3. The van der Waals surface area contributed by atoms with Gasteiger partial charge in [-0.05, 0) is 126 Å². The van der Waals surface area contributed by atoms with Crippen molar-refractivity contribution in [3.63, 3.8) is 0 Å². The molecular weight excluding hydrogens is 679 g/mol. The van der Waals surface area contributed by atoms with E-state index in [1.54, 1.807) is 0 Å². The van der Waals surface area contributed by atoms with Crippen LogP contribution in [0, 0.1) is 0 Å². The average Bonchev–Trinajstić information content (AvgIpc) is 3.66. The van der Waals surface area contributed by atoms with Crippen molar-refractivity contribution in [3.8, 4) is 33.4 Å². The third kappa shape index (κ3) is 5.42. The van der Waals surface area contributed by atoms with Gasteiger partial charge in [0.25, 0.3) is 0 Å². The molecule has 0 aliphatic rings. The monoisotopic (exact) mass is 713 g/mol. The van der Waals surface area contributed by atoms with Crippen molar-refractivity contribution in [3.05, 3.63) is 212 Å². The topological polar surface area (TPSA) is 16.4 Å². The molecule has 11 aromatic rings. The van der Waals surface area contributed by atoms with Gasteiger partial charge in [-0.3, -0.25) is 0 Å². The Kier molecular flexibility index (Phi) is 7.53. The lowest BCUT2D eigenvalue weighted by atomic mass is 9.93. The zero-order valence-corrected chi connectivity index (χ0v) is 30.6. The van der Waals surface area contributed by atoms with Crippen molar-refractivity contribution in [2.75, 3.05) is 4.90 Å². The lowest BCUT2D eigenvalue weighted by Crippen LogP contribution is -2.10. The molecule has 0 bridgehead atoms. The summed E-state index contributed by atoms with van der Waals surface area (Å²) in [4.78, 5) is 2.36. The van der Waals surface area contributed by atoms with Crippen LogP contribution in [0.4, 0.5) is 17.1 Å². The molecule has 0 aliphatic heterocycles. The molecule has 10 aromatic carbocycles. The molecule has 0 spiro atoms. The molecule has 0 atom stereocenters. The van der Waals surface area contributed by atoms with Gasteiger partial charge in [-0.15, -0.1) is 0 Å².